The third-order valence-electron chi connectivity index (χ3n) is 10.7. The summed E-state index contributed by atoms with van der Waals surface area (Å²) in [6, 6.07) is 18.2. The van der Waals surface area contributed by atoms with Gasteiger partial charge in [0.15, 0.2) is 0 Å². The minimum Gasteiger partial charge on any atom is -0.507 e. The zero-order chi connectivity index (χ0) is 30.8. The van der Waals surface area contributed by atoms with E-state index in [1.807, 2.05) is 0 Å². The molecule has 2 saturated carbocycles. The summed E-state index contributed by atoms with van der Waals surface area (Å²) in [6.07, 6.45) is 6.67. The van der Waals surface area contributed by atoms with Gasteiger partial charge in [0.2, 0.25) is 0 Å². The van der Waals surface area contributed by atoms with Crippen LogP contribution in [0, 0.1) is 17.3 Å². The fraction of sp³-hybridized carbons (Fsp3) is 0.486. The van der Waals surface area contributed by atoms with E-state index in [9.17, 15) is 20.1 Å². The monoisotopic (exact) mass is 599 g/mol. The number of aryl methyl sites for hydroxylation is 1. The largest absolute Gasteiger partial charge is 0.507 e. The normalized spacial score (nSPS) is 27.2. The lowest BCUT2D eigenvalue weighted by Gasteiger charge is -2.50. The molecule has 3 aromatic carbocycles. The van der Waals surface area contributed by atoms with Crippen LogP contribution in [0.15, 0.2) is 60.7 Å². The van der Waals surface area contributed by atoms with Crippen LogP contribution in [0.25, 0.3) is 0 Å². The number of benzene rings is 3. The van der Waals surface area contributed by atoms with E-state index in [1.165, 1.54) is 17.2 Å². The Kier molecular flexibility index (Phi) is 8.99. The average molecular weight is 600 g/mol. The molecular weight excluding hydrogens is 554 g/mol. The molecule has 0 heterocycles. The van der Waals surface area contributed by atoms with Gasteiger partial charge in [0.05, 0.1) is 24.9 Å². The van der Waals surface area contributed by atoms with Crippen molar-refractivity contribution >= 4 is 5.97 Å². The summed E-state index contributed by atoms with van der Waals surface area (Å²) < 4.78 is 11.2. The van der Waals surface area contributed by atoms with Gasteiger partial charge in [0.25, 0.3) is 0 Å². The van der Waals surface area contributed by atoms with E-state index in [-0.39, 0.29) is 29.6 Å². The van der Waals surface area contributed by atoms with Crippen molar-refractivity contribution in [2.24, 2.45) is 17.3 Å². The first kappa shape index (κ1) is 30.6. The minimum absolute atomic E-state index is 0.0461. The van der Waals surface area contributed by atoms with Gasteiger partial charge in [-0.1, -0.05) is 44.5 Å². The highest BCUT2D eigenvalue weighted by Crippen LogP contribution is 2.61. The molecular formula is C37H45NO6. The van der Waals surface area contributed by atoms with Crippen LogP contribution >= 0.6 is 0 Å². The van der Waals surface area contributed by atoms with Gasteiger partial charge in [0.1, 0.15) is 17.2 Å². The molecule has 2 fully saturated rings. The maximum atomic E-state index is 12.7. The number of aliphatic hydroxyl groups excluding tert-OH is 2. The number of carbonyl (C=O) groups is 1. The molecule has 3 aromatic rings. The molecule has 7 nitrogen and oxygen atoms in total. The number of phenolic OH excluding ortho intramolecular Hbond substituents is 1. The quantitative estimate of drug-likeness (QED) is 0.124. The number of rotatable bonds is 10. The molecule has 0 aliphatic heterocycles. The molecule has 0 spiro atoms. The number of nitrogens with one attached hydrogen (secondary N) is 1. The van der Waals surface area contributed by atoms with Crippen molar-refractivity contribution in [3.05, 3.63) is 88.5 Å². The molecule has 44 heavy (non-hydrogen) atoms. The number of aliphatic hydroxyl groups is 2. The molecule has 0 saturated heterocycles. The Bertz CT molecular complexity index is 1470. The molecule has 0 radical (unpaired) electrons. The highest BCUT2D eigenvalue weighted by atomic mass is 16.5. The standard InChI is InChI=1S/C37H45NO6/c1-3-4-17-43-27-10-6-24(7-11-27)36(42)44-28-12-8-26(34(40)19-28)21-38-33-20-32-31-14-9-25-18-23(22-39)5-13-29(25)30(31)15-16-37(32,2)35(33)41/h5-8,10-13,18-19,30-33,35,38-41H,3-4,9,14-17,20-22H2,1-2H3/t30?,31?,32?,33-,35+,37-/m0/s1. The van der Waals surface area contributed by atoms with Gasteiger partial charge in [0, 0.05) is 24.2 Å². The molecule has 0 bridgehead atoms. The van der Waals surface area contributed by atoms with Gasteiger partial charge in [-0.25, -0.2) is 4.79 Å². The van der Waals surface area contributed by atoms with E-state index in [2.05, 4.69) is 37.4 Å². The molecule has 7 heteroatoms. The Balaban J connectivity index is 1.06. The third kappa shape index (κ3) is 5.97. The van der Waals surface area contributed by atoms with Crippen LogP contribution in [0.1, 0.15) is 90.9 Å². The Morgan fingerprint density at radius 2 is 1.84 bits per heavy atom. The van der Waals surface area contributed by atoms with Crippen LogP contribution in [-0.2, 0) is 19.6 Å². The SMILES string of the molecule is CCCCOc1ccc(C(=O)Oc2ccc(CN[C@H]3CC4C5CCc6cc(CO)ccc6C5CC[C@]4(C)[C@@H]3O)c(O)c2)cc1. The lowest BCUT2D eigenvalue weighted by molar-refractivity contribution is -0.0281. The Labute approximate surface area is 260 Å². The Morgan fingerprint density at radius 3 is 2.59 bits per heavy atom. The summed E-state index contributed by atoms with van der Waals surface area (Å²) in [5, 5.41) is 35.5. The number of unbranched alkanes of at least 4 members (excludes halogenated alkanes) is 1. The number of fused-ring (bicyclic) bond motifs is 5. The predicted molar refractivity (Wildman–Crippen MR) is 169 cm³/mol. The summed E-state index contributed by atoms with van der Waals surface area (Å²) in [6.45, 7) is 5.50. The zero-order valence-corrected chi connectivity index (χ0v) is 25.8. The second-order valence-electron chi connectivity index (χ2n) is 13.2. The van der Waals surface area contributed by atoms with Crippen LogP contribution in [0.2, 0.25) is 0 Å². The first-order valence-electron chi connectivity index (χ1n) is 16.2. The van der Waals surface area contributed by atoms with Gasteiger partial charge >= 0.3 is 5.97 Å². The van der Waals surface area contributed by atoms with Gasteiger partial charge in [-0.05, 0) is 109 Å². The molecule has 6 atom stereocenters. The summed E-state index contributed by atoms with van der Waals surface area (Å²) in [4.78, 5) is 12.7. The van der Waals surface area contributed by atoms with E-state index in [0.717, 1.165) is 50.5 Å². The molecule has 3 aliphatic rings. The topological polar surface area (TPSA) is 108 Å². The second kappa shape index (κ2) is 12.9. The van der Waals surface area contributed by atoms with E-state index < -0.39 is 12.1 Å². The maximum absolute atomic E-state index is 12.7. The number of ether oxygens (including phenoxy) is 2. The number of carbonyl (C=O) groups excluding carboxylic acids is 1. The number of hydrogen-bond donors (Lipinski definition) is 4. The van der Waals surface area contributed by atoms with Gasteiger partial charge in [-0.3, -0.25) is 0 Å². The van der Waals surface area contributed by atoms with Crippen molar-refractivity contribution in [1.29, 1.82) is 0 Å². The van der Waals surface area contributed by atoms with Gasteiger partial charge in [-0.15, -0.1) is 0 Å². The lowest BCUT2D eigenvalue weighted by atomic mass is 9.55. The number of hydrogen-bond acceptors (Lipinski definition) is 7. The van der Waals surface area contributed by atoms with Gasteiger partial charge in [-0.2, -0.15) is 0 Å². The molecule has 3 unspecified atom stereocenters. The summed E-state index contributed by atoms with van der Waals surface area (Å²) in [7, 11) is 0. The van der Waals surface area contributed by atoms with Gasteiger partial charge < -0.3 is 30.1 Å². The first-order chi connectivity index (χ1) is 21.3. The average Bonchev–Trinajstić information content (AvgIpc) is 3.30. The van der Waals surface area contributed by atoms with E-state index >= 15 is 0 Å². The zero-order valence-electron chi connectivity index (χ0n) is 25.8. The summed E-state index contributed by atoms with van der Waals surface area (Å²) in [5.74, 6) is 2.00. The van der Waals surface area contributed by atoms with Crippen LogP contribution in [0.3, 0.4) is 0 Å². The Hall–Kier alpha value is -3.39. The van der Waals surface area contributed by atoms with Crippen molar-refractivity contribution in [2.45, 2.75) is 90.0 Å². The van der Waals surface area contributed by atoms with Crippen molar-refractivity contribution in [2.75, 3.05) is 6.61 Å². The number of aromatic hydroxyl groups is 1. The molecule has 6 rings (SSSR count). The van der Waals surface area contributed by atoms with Crippen LogP contribution in [0.5, 0.6) is 17.2 Å². The fourth-order valence-electron chi connectivity index (χ4n) is 8.14. The van der Waals surface area contributed by atoms with Crippen molar-refractivity contribution in [3.8, 4) is 17.2 Å². The smallest absolute Gasteiger partial charge is 0.343 e. The van der Waals surface area contributed by atoms with Crippen molar-refractivity contribution in [1.82, 2.24) is 5.32 Å². The Morgan fingerprint density at radius 1 is 1.05 bits per heavy atom. The number of esters is 1. The first-order valence-corrected chi connectivity index (χ1v) is 16.2. The molecule has 4 N–H and O–H groups in total. The number of phenols is 1. The second-order valence-corrected chi connectivity index (χ2v) is 13.2. The molecule has 0 amide bonds. The summed E-state index contributed by atoms with van der Waals surface area (Å²) >= 11 is 0. The van der Waals surface area contributed by atoms with Crippen molar-refractivity contribution < 1.29 is 29.6 Å². The highest BCUT2D eigenvalue weighted by Gasteiger charge is 2.57. The molecule has 0 aromatic heterocycles. The molecule has 234 valence electrons. The minimum atomic E-state index is -0.502. The van der Waals surface area contributed by atoms with Crippen LogP contribution in [0.4, 0.5) is 0 Å². The fourth-order valence-corrected chi connectivity index (χ4v) is 8.14. The van der Waals surface area contributed by atoms with E-state index in [1.54, 1.807) is 36.4 Å². The van der Waals surface area contributed by atoms with E-state index in [4.69, 9.17) is 9.47 Å². The van der Waals surface area contributed by atoms with Crippen LogP contribution < -0.4 is 14.8 Å². The van der Waals surface area contributed by atoms with Crippen molar-refractivity contribution in [3.63, 3.8) is 0 Å². The highest BCUT2D eigenvalue weighted by molar-refractivity contribution is 5.91. The molecule has 3 aliphatic carbocycles. The van der Waals surface area contributed by atoms with E-state index in [0.29, 0.717) is 47.8 Å². The van der Waals surface area contributed by atoms with Crippen LogP contribution in [-0.4, -0.2) is 40.0 Å². The summed E-state index contributed by atoms with van der Waals surface area (Å²) in [5.41, 5.74) is 4.75. The maximum Gasteiger partial charge on any atom is 0.343 e. The third-order valence-corrected chi connectivity index (χ3v) is 10.7. The predicted octanol–water partition coefficient (Wildman–Crippen LogP) is 6.27. The lowest BCUT2D eigenvalue weighted by Crippen LogP contribution is -2.46.